The number of aliphatic hydroxyl groups excluding tert-OH is 1. The number of oxazole rings is 1. The number of aliphatic hydroxyl groups is 1. The summed E-state index contributed by atoms with van der Waals surface area (Å²) < 4.78 is 11.5. The number of aryl methyl sites for hydroxylation is 1. The number of thioether (sulfide) groups is 1. The first-order valence-electron chi connectivity index (χ1n) is 8.25. The maximum Gasteiger partial charge on any atom is 0.226 e. The third-order valence-corrected chi connectivity index (χ3v) is 5.02. The number of nitrogens with zero attached hydrogens (tertiary/aromatic N) is 2. The van der Waals surface area contributed by atoms with Gasteiger partial charge in [0.1, 0.15) is 5.76 Å². The van der Waals surface area contributed by atoms with Crippen molar-refractivity contribution in [1.82, 2.24) is 9.88 Å². The molecule has 1 aliphatic heterocycles. The molecule has 1 N–H and O–H groups in total. The average Bonchev–Trinajstić information content (AvgIpc) is 2.96. The first-order chi connectivity index (χ1) is 11.7. The number of hydrogen-bond acceptors (Lipinski definition) is 6. The van der Waals surface area contributed by atoms with Gasteiger partial charge in [0.15, 0.2) is 0 Å². The summed E-state index contributed by atoms with van der Waals surface area (Å²) in [7, 11) is 0. The summed E-state index contributed by atoms with van der Waals surface area (Å²) in [4.78, 5) is 8.24. The molecular weight excluding hydrogens is 324 g/mol. The quantitative estimate of drug-likeness (QED) is 0.810. The van der Waals surface area contributed by atoms with Crippen molar-refractivity contribution in [3.8, 4) is 11.5 Å². The lowest BCUT2D eigenvalue weighted by atomic mass is 10.2. The number of hydrogen-bond donors (Lipinski definition) is 1. The number of aromatic nitrogens is 1. The van der Waals surface area contributed by atoms with Crippen molar-refractivity contribution in [3.05, 3.63) is 35.7 Å². The fraction of sp³-hybridized carbons (Fsp3) is 0.500. The van der Waals surface area contributed by atoms with Gasteiger partial charge in [-0.15, -0.1) is 11.8 Å². The summed E-state index contributed by atoms with van der Waals surface area (Å²) in [5.41, 5.74) is 1.98. The van der Waals surface area contributed by atoms with Crippen LogP contribution in [0.5, 0.6) is 0 Å². The molecule has 1 saturated heterocycles. The van der Waals surface area contributed by atoms with E-state index in [1.54, 1.807) is 11.8 Å². The molecule has 6 heteroatoms. The number of ether oxygens (including phenoxy) is 1. The van der Waals surface area contributed by atoms with Gasteiger partial charge < -0.3 is 14.3 Å². The third kappa shape index (κ3) is 4.19. The van der Waals surface area contributed by atoms with Crippen molar-refractivity contribution in [2.75, 3.05) is 32.6 Å². The van der Waals surface area contributed by atoms with Gasteiger partial charge in [-0.2, -0.15) is 0 Å². The van der Waals surface area contributed by atoms with Crippen LogP contribution in [-0.2, 0) is 11.3 Å². The molecule has 1 aromatic heterocycles. The summed E-state index contributed by atoms with van der Waals surface area (Å²) >= 11 is 1.72. The Morgan fingerprint density at radius 2 is 2.12 bits per heavy atom. The highest BCUT2D eigenvalue weighted by Crippen LogP contribution is 2.25. The molecule has 3 rings (SSSR count). The van der Waals surface area contributed by atoms with E-state index in [-0.39, 0.29) is 12.7 Å². The summed E-state index contributed by atoms with van der Waals surface area (Å²) in [6.45, 7) is 5.29. The summed E-state index contributed by atoms with van der Waals surface area (Å²) in [6.07, 6.45) is 2.85. The molecule has 0 bridgehead atoms. The van der Waals surface area contributed by atoms with Crippen LogP contribution >= 0.6 is 11.8 Å². The van der Waals surface area contributed by atoms with Crippen LogP contribution in [0.25, 0.3) is 11.5 Å². The first kappa shape index (κ1) is 17.5. The van der Waals surface area contributed by atoms with Crippen LogP contribution in [0.1, 0.15) is 17.9 Å². The Balaban J connectivity index is 1.69. The SMILES string of the molecule is CSc1ccc(-c2nc(CN3CCO[C@H](CCO)C3)c(C)o2)cc1. The van der Waals surface area contributed by atoms with E-state index in [4.69, 9.17) is 19.2 Å². The Bertz CT molecular complexity index is 655. The van der Waals surface area contributed by atoms with E-state index in [1.165, 1.54) is 4.90 Å². The molecule has 0 spiro atoms. The normalized spacial score (nSPS) is 18.9. The Kier molecular flexibility index (Phi) is 5.94. The third-order valence-electron chi connectivity index (χ3n) is 4.28. The highest BCUT2D eigenvalue weighted by molar-refractivity contribution is 7.98. The molecule has 0 amide bonds. The molecule has 0 saturated carbocycles. The van der Waals surface area contributed by atoms with Gasteiger partial charge in [0.2, 0.25) is 5.89 Å². The minimum absolute atomic E-state index is 0.106. The zero-order valence-corrected chi connectivity index (χ0v) is 15.0. The predicted octanol–water partition coefficient (Wildman–Crippen LogP) is 2.96. The summed E-state index contributed by atoms with van der Waals surface area (Å²) in [6, 6.07) is 8.27. The van der Waals surface area contributed by atoms with Crippen molar-refractivity contribution in [1.29, 1.82) is 0 Å². The molecule has 130 valence electrons. The minimum Gasteiger partial charge on any atom is -0.441 e. The lowest BCUT2D eigenvalue weighted by Gasteiger charge is -2.32. The van der Waals surface area contributed by atoms with Crippen molar-refractivity contribution in [3.63, 3.8) is 0 Å². The van der Waals surface area contributed by atoms with Crippen LogP contribution in [0.15, 0.2) is 33.6 Å². The maximum atomic E-state index is 9.08. The largest absolute Gasteiger partial charge is 0.441 e. The molecule has 1 fully saturated rings. The van der Waals surface area contributed by atoms with Gasteiger partial charge in [-0.25, -0.2) is 4.98 Å². The van der Waals surface area contributed by atoms with Crippen molar-refractivity contribution >= 4 is 11.8 Å². The van der Waals surface area contributed by atoms with Crippen LogP contribution in [0.4, 0.5) is 0 Å². The van der Waals surface area contributed by atoms with Crippen molar-refractivity contribution < 1.29 is 14.3 Å². The maximum absolute atomic E-state index is 9.08. The molecule has 24 heavy (non-hydrogen) atoms. The van der Waals surface area contributed by atoms with Crippen LogP contribution in [0.2, 0.25) is 0 Å². The molecule has 1 aromatic carbocycles. The van der Waals surface area contributed by atoms with E-state index < -0.39 is 0 Å². The molecular formula is C18H24N2O3S. The summed E-state index contributed by atoms with van der Waals surface area (Å²) in [5, 5.41) is 9.08. The Hall–Kier alpha value is -1.34. The molecule has 0 unspecified atom stereocenters. The second-order valence-electron chi connectivity index (χ2n) is 5.99. The fourth-order valence-electron chi connectivity index (χ4n) is 2.89. The van der Waals surface area contributed by atoms with Crippen LogP contribution in [0.3, 0.4) is 0 Å². The highest BCUT2D eigenvalue weighted by Gasteiger charge is 2.22. The molecule has 2 aromatic rings. The second kappa shape index (κ2) is 8.16. The van der Waals surface area contributed by atoms with Crippen LogP contribution in [0, 0.1) is 6.92 Å². The lowest BCUT2D eigenvalue weighted by molar-refractivity contribution is -0.0411. The standard InChI is InChI=1S/C18H24N2O3S/c1-13-17(12-20-8-10-22-15(11-20)7-9-21)19-18(23-13)14-3-5-16(24-2)6-4-14/h3-6,15,21H,7-12H2,1-2H3/t15-/m1/s1. The predicted molar refractivity (Wildman–Crippen MR) is 95.2 cm³/mol. The van der Waals surface area contributed by atoms with Gasteiger partial charge >= 0.3 is 0 Å². The molecule has 2 heterocycles. The van der Waals surface area contributed by atoms with Crippen LogP contribution < -0.4 is 0 Å². The van der Waals surface area contributed by atoms with Gasteiger partial charge in [0.05, 0.1) is 18.4 Å². The van der Waals surface area contributed by atoms with E-state index in [0.29, 0.717) is 18.9 Å². The number of benzene rings is 1. The van der Waals surface area contributed by atoms with Crippen molar-refractivity contribution in [2.45, 2.75) is 30.9 Å². The van der Waals surface area contributed by atoms with Gasteiger partial charge in [0, 0.05) is 36.7 Å². The van der Waals surface area contributed by atoms with Crippen molar-refractivity contribution in [2.24, 2.45) is 0 Å². The molecule has 1 atom stereocenters. The van der Waals surface area contributed by atoms with Gasteiger partial charge in [-0.1, -0.05) is 0 Å². The van der Waals surface area contributed by atoms with E-state index >= 15 is 0 Å². The van der Waals surface area contributed by atoms with E-state index in [9.17, 15) is 0 Å². The highest BCUT2D eigenvalue weighted by atomic mass is 32.2. The molecule has 0 aliphatic carbocycles. The van der Waals surface area contributed by atoms with E-state index in [0.717, 1.165) is 36.7 Å². The molecule has 1 aliphatic rings. The zero-order chi connectivity index (χ0) is 16.9. The average molecular weight is 348 g/mol. The van der Waals surface area contributed by atoms with Gasteiger partial charge in [0.25, 0.3) is 0 Å². The number of rotatable bonds is 6. The molecule has 0 radical (unpaired) electrons. The topological polar surface area (TPSA) is 58.7 Å². The Labute approximate surface area is 147 Å². The summed E-state index contributed by atoms with van der Waals surface area (Å²) in [5.74, 6) is 1.54. The van der Waals surface area contributed by atoms with E-state index in [2.05, 4.69) is 23.3 Å². The van der Waals surface area contributed by atoms with E-state index in [1.807, 2.05) is 19.1 Å². The second-order valence-corrected chi connectivity index (χ2v) is 6.87. The monoisotopic (exact) mass is 348 g/mol. The minimum atomic E-state index is 0.106. The zero-order valence-electron chi connectivity index (χ0n) is 14.2. The smallest absolute Gasteiger partial charge is 0.226 e. The van der Waals surface area contributed by atoms with Crippen LogP contribution in [-0.4, -0.2) is 53.7 Å². The Morgan fingerprint density at radius 1 is 1.33 bits per heavy atom. The number of morpholine rings is 1. The van der Waals surface area contributed by atoms with Gasteiger partial charge in [-0.05, 0) is 43.9 Å². The fourth-order valence-corrected chi connectivity index (χ4v) is 3.29. The molecule has 5 nitrogen and oxygen atoms in total. The van der Waals surface area contributed by atoms with Gasteiger partial charge in [-0.3, -0.25) is 4.90 Å². The Morgan fingerprint density at radius 3 is 2.83 bits per heavy atom. The lowest BCUT2D eigenvalue weighted by Crippen LogP contribution is -2.42. The first-order valence-corrected chi connectivity index (χ1v) is 9.47.